The van der Waals surface area contributed by atoms with Gasteiger partial charge in [0.1, 0.15) is 11.3 Å². The third-order valence-corrected chi connectivity index (χ3v) is 6.09. The maximum Gasteiger partial charge on any atom is 0.332 e. The van der Waals surface area contributed by atoms with Crippen LogP contribution in [0.4, 0.5) is 0 Å². The lowest BCUT2D eigenvalue weighted by atomic mass is 9.95. The molecule has 29 heavy (non-hydrogen) atoms. The standard InChI is InChI=1S/C19H19Cl2N5O3/c1-24-16-14(18(28)25(2)19(24)29)22-15(23-16)10-6-8-26(9-7-10)17(27)13-11(20)4-3-5-12(13)21/h3-5,10H,6-9H2,1-2H3,(H,22,23). The minimum absolute atomic E-state index is 0.0491. The van der Waals surface area contributed by atoms with Crippen LogP contribution in [0.15, 0.2) is 27.8 Å². The number of aromatic amines is 1. The van der Waals surface area contributed by atoms with Gasteiger partial charge in [0, 0.05) is 33.1 Å². The molecule has 3 heterocycles. The number of fused-ring (bicyclic) bond motifs is 1. The fraction of sp³-hybridized carbons (Fsp3) is 0.368. The van der Waals surface area contributed by atoms with Gasteiger partial charge in [0.05, 0.1) is 15.6 Å². The van der Waals surface area contributed by atoms with E-state index in [0.717, 1.165) is 4.57 Å². The molecule has 0 atom stereocenters. The first kappa shape index (κ1) is 19.7. The molecule has 0 radical (unpaired) electrons. The van der Waals surface area contributed by atoms with Gasteiger partial charge in [-0.1, -0.05) is 29.3 Å². The summed E-state index contributed by atoms with van der Waals surface area (Å²) < 4.78 is 2.41. The number of imidazole rings is 1. The Balaban J connectivity index is 1.57. The molecule has 1 N–H and O–H groups in total. The van der Waals surface area contributed by atoms with Crippen LogP contribution in [0, 0.1) is 0 Å². The number of aryl methyl sites for hydroxylation is 1. The predicted molar refractivity (Wildman–Crippen MR) is 111 cm³/mol. The van der Waals surface area contributed by atoms with Crippen molar-refractivity contribution < 1.29 is 4.79 Å². The Bertz CT molecular complexity index is 1210. The zero-order valence-corrected chi connectivity index (χ0v) is 17.4. The Morgan fingerprint density at radius 1 is 1.10 bits per heavy atom. The topological polar surface area (TPSA) is 93.0 Å². The van der Waals surface area contributed by atoms with Gasteiger partial charge in [0.25, 0.3) is 11.5 Å². The van der Waals surface area contributed by atoms with E-state index in [1.807, 2.05) is 0 Å². The average molecular weight is 436 g/mol. The minimum Gasteiger partial charge on any atom is -0.339 e. The molecule has 0 unspecified atom stereocenters. The van der Waals surface area contributed by atoms with E-state index in [1.165, 1.54) is 11.6 Å². The number of carbonyl (C=O) groups excluding carboxylic acids is 1. The van der Waals surface area contributed by atoms with E-state index in [2.05, 4.69) is 9.97 Å². The number of nitrogens with one attached hydrogen (secondary N) is 1. The smallest absolute Gasteiger partial charge is 0.332 e. The molecule has 0 bridgehead atoms. The largest absolute Gasteiger partial charge is 0.339 e. The third-order valence-electron chi connectivity index (χ3n) is 5.46. The second-order valence-electron chi connectivity index (χ2n) is 7.19. The number of amides is 1. The maximum absolute atomic E-state index is 12.8. The normalized spacial score (nSPS) is 15.2. The summed E-state index contributed by atoms with van der Waals surface area (Å²) in [4.78, 5) is 46.6. The summed E-state index contributed by atoms with van der Waals surface area (Å²) in [7, 11) is 3.03. The van der Waals surface area contributed by atoms with Gasteiger partial charge in [0.15, 0.2) is 5.65 Å². The first-order chi connectivity index (χ1) is 13.8. The number of hydrogen-bond acceptors (Lipinski definition) is 4. The molecule has 1 amide bonds. The van der Waals surface area contributed by atoms with Gasteiger partial charge < -0.3 is 9.88 Å². The molecular weight excluding hydrogens is 417 g/mol. The number of piperidine rings is 1. The highest BCUT2D eigenvalue weighted by molar-refractivity contribution is 6.39. The third kappa shape index (κ3) is 3.26. The summed E-state index contributed by atoms with van der Waals surface area (Å²) in [5, 5.41) is 0.664. The molecule has 0 saturated carbocycles. The van der Waals surface area contributed by atoms with Crippen molar-refractivity contribution in [1.29, 1.82) is 0 Å². The van der Waals surface area contributed by atoms with E-state index in [4.69, 9.17) is 23.2 Å². The summed E-state index contributed by atoms with van der Waals surface area (Å²) in [5.41, 5.74) is 0.150. The van der Waals surface area contributed by atoms with Crippen LogP contribution in [0.3, 0.4) is 0 Å². The van der Waals surface area contributed by atoms with E-state index in [-0.39, 0.29) is 11.8 Å². The van der Waals surface area contributed by atoms with E-state index in [0.29, 0.717) is 58.5 Å². The molecule has 152 valence electrons. The van der Waals surface area contributed by atoms with Crippen LogP contribution in [-0.2, 0) is 14.1 Å². The highest BCUT2D eigenvalue weighted by Gasteiger charge is 2.29. The number of carbonyl (C=O) groups is 1. The zero-order valence-electron chi connectivity index (χ0n) is 15.9. The number of hydrogen-bond donors (Lipinski definition) is 1. The molecular formula is C19H19Cl2N5O3. The molecule has 1 saturated heterocycles. The Morgan fingerprint density at radius 3 is 2.34 bits per heavy atom. The van der Waals surface area contributed by atoms with Gasteiger partial charge in [-0.05, 0) is 25.0 Å². The number of likely N-dealkylation sites (tertiary alicyclic amines) is 1. The molecule has 10 heteroatoms. The first-order valence-electron chi connectivity index (χ1n) is 9.18. The monoisotopic (exact) mass is 435 g/mol. The number of halogens is 2. The van der Waals surface area contributed by atoms with Gasteiger partial charge in [-0.15, -0.1) is 0 Å². The quantitative estimate of drug-likeness (QED) is 0.667. The van der Waals surface area contributed by atoms with Crippen LogP contribution in [0.5, 0.6) is 0 Å². The van der Waals surface area contributed by atoms with Crippen molar-refractivity contribution in [1.82, 2.24) is 24.0 Å². The Hall–Kier alpha value is -2.58. The van der Waals surface area contributed by atoms with E-state index >= 15 is 0 Å². The Morgan fingerprint density at radius 2 is 1.72 bits per heavy atom. The van der Waals surface area contributed by atoms with Crippen molar-refractivity contribution in [3.05, 3.63) is 60.5 Å². The molecule has 0 spiro atoms. The summed E-state index contributed by atoms with van der Waals surface area (Å²) in [6.45, 7) is 1.03. The van der Waals surface area contributed by atoms with Crippen molar-refractivity contribution in [3.8, 4) is 0 Å². The lowest BCUT2D eigenvalue weighted by molar-refractivity contribution is 0.0711. The van der Waals surface area contributed by atoms with Gasteiger partial charge in [-0.3, -0.25) is 18.7 Å². The zero-order chi connectivity index (χ0) is 20.9. The van der Waals surface area contributed by atoms with Crippen LogP contribution in [0.1, 0.15) is 34.9 Å². The highest BCUT2D eigenvalue weighted by atomic mass is 35.5. The van der Waals surface area contributed by atoms with Gasteiger partial charge in [-0.25, -0.2) is 9.78 Å². The van der Waals surface area contributed by atoms with Gasteiger partial charge in [-0.2, -0.15) is 0 Å². The van der Waals surface area contributed by atoms with Crippen molar-refractivity contribution >= 4 is 40.3 Å². The van der Waals surface area contributed by atoms with Crippen molar-refractivity contribution in [3.63, 3.8) is 0 Å². The molecule has 1 fully saturated rings. The van der Waals surface area contributed by atoms with E-state index < -0.39 is 11.2 Å². The van der Waals surface area contributed by atoms with Crippen molar-refractivity contribution in [2.24, 2.45) is 14.1 Å². The number of H-pyrrole nitrogens is 1. The summed E-state index contributed by atoms with van der Waals surface area (Å²) in [6, 6.07) is 4.99. The minimum atomic E-state index is -0.419. The van der Waals surface area contributed by atoms with Gasteiger partial charge in [0.2, 0.25) is 0 Å². The first-order valence-corrected chi connectivity index (χ1v) is 9.94. The number of benzene rings is 1. The molecule has 1 aromatic carbocycles. The van der Waals surface area contributed by atoms with Crippen LogP contribution >= 0.6 is 23.2 Å². The van der Waals surface area contributed by atoms with E-state index in [9.17, 15) is 14.4 Å². The SMILES string of the molecule is Cn1c(=O)c2[nH]c(C3CCN(C(=O)c4c(Cl)cccc4Cl)CC3)nc2n(C)c1=O. The molecule has 1 aliphatic heterocycles. The van der Waals surface area contributed by atoms with Gasteiger partial charge >= 0.3 is 5.69 Å². The van der Waals surface area contributed by atoms with Crippen molar-refractivity contribution in [2.45, 2.75) is 18.8 Å². The second kappa shape index (κ2) is 7.35. The average Bonchev–Trinajstić information content (AvgIpc) is 3.16. The lowest BCUT2D eigenvalue weighted by Crippen LogP contribution is -2.38. The summed E-state index contributed by atoms with van der Waals surface area (Å²) in [6.07, 6.45) is 1.34. The fourth-order valence-electron chi connectivity index (χ4n) is 3.75. The van der Waals surface area contributed by atoms with Crippen molar-refractivity contribution in [2.75, 3.05) is 13.1 Å². The number of nitrogens with zero attached hydrogens (tertiary/aromatic N) is 4. The van der Waals surface area contributed by atoms with E-state index in [1.54, 1.807) is 30.1 Å². The highest BCUT2D eigenvalue weighted by Crippen LogP contribution is 2.30. The Labute approximate surface area is 175 Å². The molecule has 0 aliphatic carbocycles. The molecule has 8 nitrogen and oxygen atoms in total. The molecule has 4 rings (SSSR count). The molecule has 2 aromatic heterocycles. The summed E-state index contributed by atoms with van der Waals surface area (Å²) in [5.74, 6) is 0.508. The van der Waals surface area contributed by atoms with Crippen LogP contribution in [0.2, 0.25) is 10.0 Å². The van der Waals surface area contributed by atoms with Crippen LogP contribution in [0.25, 0.3) is 11.2 Å². The second-order valence-corrected chi connectivity index (χ2v) is 8.00. The molecule has 1 aliphatic rings. The number of rotatable bonds is 2. The lowest BCUT2D eigenvalue weighted by Gasteiger charge is -2.31. The summed E-state index contributed by atoms with van der Waals surface area (Å²) >= 11 is 12.3. The predicted octanol–water partition coefficient (Wildman–Crippen LogP) is 2.29. The Kier molecular flexibility index (Phi) is 5.00. The van der Waals surface area contributed by atoms with Crippen LogP contribution < -0.4 is 11.2 Å². The molecule has 3 aromatic rings. The fourth-order valence-corrected chi connectivity index (χ4v) is 4.31. The van der Waals surface area contributed by atoms with Crippen LogP contribution in [-0.4, -0.2) is 43.0 Å². The number of aromatic nitrogens is 4. The maximum atomic E-state index is 12.8.